The van der Waals surface area contributed by atoms with E-state index in [1.165, 1.54) is 25.7 Å². The average Bonchev–Trinajstić information content (AvgIpc) is 2.05. The van der Waals surface area contributed by atoms with Crippen LogP contribution >= 0.6 is 0 Å². The zero-order valence-electron chi connectivity index (χ0n) is 6.21. The van der Waals surface area contributed by atoms with Crippen LogP contribution in [0.1, 0.15) is 25.7 Å². The van der Waals surface area contributed by atoms with Crippen LogP contribution in [0.25, 0.3) is 0 Å². The smallest absolute Gasteiger partial charge is 0.0837 e. The van der Waals surface area contributed by atoms with Crippen molar-refractivity contribution in [2.45, 2.75) is 37.9 Å². The van der Waals surface area contributed by atoms with Crippen molar-refractivity contribution in [2.24, 2.45) is 0 Å². The fraction of sp³-hybridized carbons (Fsp3) is 1.00. The van der Waals surface area contributed by atoms with E-state index in [2.05, 4.69) is 0 Å². The fourth-order valence-electron chi connectivity index (χ4n) is 1.79. The van der Waals surface area contributed by atoms with Crippen LogP contribution in [0.4, 0.5) is 0 Å². The van der Waals surface area contributed by atoms with Gasteiger partial charge in [-0.3, -0.25) is 0 Å². The predicted molar refractivity (Wildman–Crippen MR) is 37.9 cm³/mol. The maximum absolute atomic E-state index is 5.56. The van der Waals surface area contributed by atoms with E-state index in [4.69, 9.17) is 9.47 Å². The Bertz CT molecular complexity index is 87.8. The Hall–Kier alpha value is -0.0800. The van der Waals surface area contributed by atoms with Gasteiger partial charge in [-0.15, -0.1) is 0 Å². The van der Waals surface area contributed by atoms with Gasteiger partial charge in [0.15, 0.2) is 0 Å². The van der Waals surface area contributed by atoms with E-state index in [0.29, 0.717) is 12.2 Å². The zero-order valence-corrected chi connectivity index (χ0v) is 6.21. The Balaban J connectivity index is 1.93. The molecule has 0 unspecified atom stereocenters. The van der Waals surface area contributed by atoms with Gasteiger partial charge in [0.25, 0.3) is 0 Å². The number of rotatable bonds is 0. The lowest BCUT2D eigenvalue weighted by Crippen LogP contribution is -2.39. The number of hydrogen-bond acceptors (Lipinski definition) is 2. The highest BCUT2D eigenvalue weighted by atomic mass is 16.5. The Kier molecular flexibility index (Phi) is 1.91. The van der Waals surface area contributed by atoms with Crippen molar-refractivity contribution in [3.05, 3.63) is 0 Å². The molecule has 2 nitrogen and oxygen atoms in total. The summed E-state index contributed by atoms with van der Waals surface area (Å²) in [5.41, 5.74) is 0. The Morgan fingerprint density at radius 3 is 1.80 bits per heavy atom. The second-order valence-electron chi connectivity index (χ2n) is 3.10. The minimum atomic E-state index is 0.433. The molecule has 2 heterocycles. The van der Waals surface area contributed by atoms with Crippen molar-refractivity contribution in [2.75, 3.05) is 13.2 Å². The topological polar surface area (TPSA) is 18.5 Å². The largest absolute Gasteiger partial charge is 0.376 e. The molecule has 2 rings (SSSR count). The molecule has 2 aliphatic rings. The Labute approximate surface area is 61.5 Å². The van der Waals surface area contributed by atoms with Gasteiger partial charge in [-0.2, -0.15) is 0 Å². The normalized spacial score (nSPS) is 40.8. The van der Waals surface area contributed by atoms with Crippen molar-refractivity contribution in [3.63, 3.8) is 0 Å². The van der Waals surface area contributed by atoms with Gasteiger partial charge in [-0.25, -0.2) is 0 Å². The summed E-state index contributed by atoms with van der Waals surface area (Å²) in [5.74, 6) is 0. The standard InChI is InChI=1S/C8H14O2/c1-3-7-8(9-5-1)4-2-6-10-7/h7-8H,1-6H2/t7-,8-/m0/s1. The van der Waals surface area contributed by atoms with Gasteiger partial charge in [-0.05, 0) is 25.7 Å². The van der Waals surface area contributed by atoms with Crippen LogP contribution in [0.15, 0.2) is 0 Å². The first-order valence-electron chi connectivity index (χ1n) is 4.20. The molecule has 58 valence electrons. The molecule has 10 heavy (non-hydrogen) atoms. The molecule has 2 saturated heterocycles. The maximum atomic E-state index is 5.56. The molecule has 0 saturated carbocycles. The van der Waals surface area contributed by atoms with E-state index in [9.17, 15) is 0 Å². The van der Waals surface area contributed by atoms with E-state index in [1.807, 2.05) is 0 Å². The van der Waals surface area contributed by atoms with Crippen molar-refractivity contribution in [1.29, 1.82) is 0 Å². The molecule has 0 aromatic carbocycles. The Morgan fingerprint density at radius 2 is 1.30 bits per heavy atom. The molecule has 2 fully saturated rings. The maximum Gasteiger partial charge on any atom is 0.0837 e. The first-order chi connectivity index (χ1) is 4.97. The molecule has 2 atom stereocenters. The summed E-state index contributed by atoms with van der Waals surface area (Å²) >= 11 is 0. The molecule has 0 aromatic heterocycles. The minimum absolute atomic E-state index is 0.433. The monoisotopic (exact) mass is 142 g/mol. The summed E-state index contributed by atoms with van der Waals surface area (Å²) in [7, 11) is 0. The van der Waals surface area contributed by atoms with Crippen molar-refractivity contribution < 1.29 is 9.47 Å². The van der Waals surface area contributed by atoms with Crippen LogP contribution in [-0.4, -0.2) is 25.4 Å². The van der Waals surface area contributed by atoms with Crippen LogP contribution in [0.2, 0.25) is 0 Å². The number of ether oxygens (including phenoxy) is 2. The minimum Gasteiger partial charge on any atom is -0.376 e. The lowest BCUT2D eigenvalue weighted by Gasteiger charge is -2.35. The molecule has 0 aliphatic carbocycles. The van der Waals surface area contributed by atoms with Gasteiger partial charge in [0.05, 0.1) is 12.2 Å². The first-order valence-corrected chi connectivity index (χ1v) is 4.20. The van der Waals surface area contributed by atoms with E-state index in [1.54, 1.807) is 0 Å². The molecule has 0 amide bonds. The van der Waals surface area contributed by atoms with Crippen molar-refractivity contribution >= 4 is 0 Å². The highest BCUT2D eigenvalue weighted by molar-refractivity contribution is 4.78. The summed E-state index contributed by atoms with van der Waals surface area (Å²) in [5, 5.41) is 0. The van der Waals surface area contributed by atoms with Gasteiger partial charge in [0.1, 0.15) is 0 Å². The molecule has 0 bridgehead atoms. The van der Waals surface area contributed by atoms with Crippen LogP contribution < -0.4 is 0 Å². The summed E-state index contributed by atoms with van der Waals surface area (Å²) in [6.07, 6.45) is 5.66. The van der Waals surface area contributed by atoms with Gasteiger partial charge in [-0.1, -0.05) is 0 Å². The fourth-order valence-corrected chi connectivity index (χ4v) is 1.79. The summed E-state index contributed by atoms with van der Waals surface area (Å²) in [4.78, 5) is 0. The Morgan fingerprint density at radius 1 is 0.800 bits per heavy atom. The molecule has 2 aliphatic heterocycles. The van der Waals surface area contributed by atoms with E-state index < -0.39 is 0 Å². The second-order valence-corrected chi connectivity index (χ2v) is 3.10. The molecular weight excluding hydrogens is 128 g/mol. The highest BCUT2D eigenvalue weighted by Crippen LogP contribution is 2.24. The van der Waals surface area contributed by atoms with E-state index in [0.717, 1.165) is 13.2 Å². The van der Waals surface area contributed by atoms with Gasteiger partial charge >= 0.3 is 0 Å². The van der Waals surface area contributed by atoms with Gasteiger partial charge in [0.2, 0.25) is 0 Å². The van der Waals surface area contributed by atoms with Gasteiger partial charge < -0.3 is 9.47 Å². The van der Waals surface area contributed by atoms with Crippen LogP contribution in [0.3, 0.4) is 0 Å². The lowest BCUT2D eigenvalue weighted by atomic mass is 9.99. The second kappa shape index (κ2) is 2.89. The number of fused-ring (bicyclic) bond motifs is 1. The SMILES string of the molecule is C1CO[C@H]2CCCO[C@H]2C1. The third kappa shape index (κ3) is 1.18. The number of hydrogen-bond donors (Lipinski definition) is 0. The third-order valence-electron chi connectivity index (χ3n) is 2.34. The molecule has 0 aromatic rings. The molecule has 2 heteroatoms. The summed E-state index contributed by atoms with van der Waals surface area (Å²) in [6, 6.07) is 0. The van der Waals surface area contributed by atoms with Gasteiger partial charge in [0, 0.05) is 13.2 Å². The lowest BCUT2D eigenvalue weighted by molar-refractivity contribution is -0.133. The highest BCUT2D eigenvalue weighted by Gasteiger charge is 2.28. The summed E-state index contributed by atoms with van der Waals surface area (Å²) in [6.45, 7) is 1.90. The molecule has 0 N–H and O–H groups in total. The van der Waals surface area contributed by atoms with Crippen molar-refractivity contribution in [3.8, 4) is 0 Å². The van der Waals surface area contributed by atoms with E-state index >= 15 is 0 Å². The first kappa shape index (κ1) is 6.62. The molecule has 0 spiro atoms. The predicted octanol–water partition coefficient (Wildman–Crippen LogP) is 1.34. The average molecular weight is 142 g/mol. The van der Waals surface area contributed by atoms with Crippen LogP contribution in [0, 0.1) is 0 Å². The summed E-state index contributed by atoms with van der Waals surface area (Å²) < 4.78 is 11.1. The van der Waals surface area contributed by atoms with Crippen LogP contribution in [-0.2, 0) is 9.47 Å². The van der Waals surface area contributed by atoms with E-state index in [-0.39, 0.29) is 0 Å². The molecular formula is C8H14O2. The van der Waals surface area contributed by atoms with Crippen LogP contribution in [0.5, 0.6) is 0 Å². The third-order valence-corrected chi connectivity index (χ3v) is 2.34. The molecule has 0 radical (unpaired) electrons. The quantitative estimate of drug-likeness (QED) is 0.508. The zero-order chi connectivity index (χ0) is 6.81. The van der Waals surface area contributed by atoms with Crippen molar-refractivity contribution in [1.82, 2.24) is 0 Å².